The third-order valence-corrected chi connectivity index (χ3v) is 3.64. The number of likely N-dealkylation sites (tertiary alicyclic amines) is 1. The van der Waals surface area contributed by atoms with E-state index >= 15 is 0 Å². The summed E-state index contributed by atoms with van der Waals surface area (Å²) in [5.41, 5.74) is 5.43. The van der Waals surface area contributed by atoms with Crippen molar-refractivity contribution in [1.82, 2.24) is 4.90 Å². The summed E-state index contributed by atoms with van der Waals surface area (Å²) in [6, 6.07) is 3.42. The Morgan fingerprint density at radius 1 is 1.47 bits per heavy atom. The zero-order chi connectivity index (χ0) is 13.7. The van der Waals surface area contributed by atoms with E-state index in [1.165, 1.54) is 0 Å². The van der Waals surface area contributed by atoms with E-state index in [1.807, 2.05) is 4.90 Å². The number of furan rings is 1. The van der Waals surface area contributed by atoms with Crippen LogP contribution in [0.5, 0.6) is 0 Å². The van der Waals surface area contributed by atoms with Crippen molar-refractivity contribution in [2.24, 2.45) is 5.73 Å². The summed E-state index contributed by atoms with van der Waals surface area (Å²) < 4.78 is 11.6. The molecule has 1 amide bonds. The molecule has 2 N–H and O–H groups in total. The molecule has 0 spiro atoms. The Hall–Kier alpha value is -0.850. The molecule has 0 atom stereocenters. The van der Waals surface area contributed by atoms with Crippen molar-refractivity contribution in [3.63, 3.8) is 0 Å². The van der Waals surface area contributed by atoms with Gasteiger partial charge in [0.1, 0.15) is 0 Å². The lowest BCUT2D eigenvalue weighted by molar-refractivity contribution is 0.00761. The van der Waals surface area contributed by atoms with Crippen LogP contribution in [0.25, 0.3) is 0 Å². The maximum atomic E-state index is 12.1. The van der Waals surface area contributed by atoms with Crippen LogP contribution in [0.15, 0.2) is 21.2 Å². The Bertz CT molecular complexity index is 414. The smallest absolute Gasteiger partial charge is 0.289 e. The van der Waals surface area contributed by atoms with Crippen molar-refractivity contribution in [1.29, 1.82) is 0 Å². The molecule has 19 heavy (non-hydrogen) atoms. The molecule has 1 aromatic rings. The molecule has 0 bridgehead atoms. The summed E-state index contributed by atoms with van der Waals surface area (Å²) in [6.07, 6.45) is 2.88. The summed E-state index contributed by atoms with van der Waals surface area (Å²) in [4.78, 5) is 13.9. The van der Waals surface area contributed by atoms with Gasteiger partial charge in [-0.05, 0) is 53.9 Å². The Labute approximate surface area is 121 Å². The van der Waals surface area contributed by atoms with Gasteiger partial charge in [-0.3, -0.25) is 4.79 Å². The Morgan fingerprint density at radius 2 is 2.21 bits per heavy atom. The number of piperidine rings is 1. The number of hydrogen-bond donors (Lipinski definition) is 1. The van der Waals surface area contributed by atoms with Gasteiger partial charge in [-0.1, -0.05) is 0 Å². The van der Waals surface area contributed by atoms with Crippen LogP contribution in [0.2, 0.25) is 0 Å². The van der Waals surface area contributed by atoms with E-state index < -0.39 is 0 Å². The number of ether oxygens (including phenoxy) is 1. The van der Waals surface area contributed by atoms with Gasteiger partial charge in [0.25, 0.3) is 5.91 Å². The van der Waals surface area contributed by atoms with Crippen molar-refractivity contribution in [2.75, 3.05) is 26.2 Å². The molecule has 0 saturated carbocycles. The molecule has 1 saturated heterocycles. The number of nitrogens with zero attached hydrogens (tertiary/aromatic N) is 1. The van der Waals surface area contributed by atoms with Gasteiger partial charge < -0.3 is 19.8 Å². The molecule has 2 rings (SSSR count). The van der Waals surface area contributed by atoms with Gasteiger partial charge in [0.15, 0.2) is 10.4 Å². The van der Waals surface area contributed by atoms with Crippen molar-refractivity contribution >= 4 is 21.8 Å². The molecule has 0 aliphatic carbocycles. The van der Waals surface area contributed by atoms with Gasteiger partial charge in [-0.2, -0.15) is 0 Å². The molecule has 2 heterocycles. The SMILES string of the molecule is NCCCOC1CCN(C(=O)c2ccc(Br)o2)CC1. The second-order valence-electron chi connectivity index (χ2n) is 4.61. The summed E-state index contributed by atoms with van der Waals surface area (Å²) in [6.45, 7) is 2.79. The predicted octanol–water partition coefficient (Wildman–Crippen LogP) is 2.01. The first kappa shape index (κ1) is 14.6. The van der Waals surface area contributed by atoms with E-state index in [2.05, 4.69) is 15.9 Å². The predicted molar refractivity (Wildman–Crippen MR) is 75.0 cm³/mol. The standard InChI is InChI=1S/C13H19BrN2O3/c14-12-3-2-11(19-12)13(17)16-7-4-10(5-8-16)18-9-1-6-15/h2-3,10H,1,4-9,15H2. The van der Waals surface area contributed by atoms with Crippen LogP contribution in [0, 0.1) is 0 Å². The van der Waals surface area contributed by atoms with Crippen LogP contribution in [0.1, 0.15) is 29.8 Å². The van der Waals surface area contributed by atoms with Gasteiger partial charge in [-0.25, -0.2) is 0 Å². The number of halogens is 1. The van der Waals surface area contributed by atoms with Gasteiger partial charge >= 0.3 is 0 Å². The third-order valence-electron chi connectivity index (χ3n) is 3.22. The minimum Gasteiger partial charge on any atom is -0.444 e. The van der Waals surface area contributed by atoms with E-state index in [1.54, 1.807) is 12.1 Å². The van der Waals surface area contributed by atoms with E-state index in [-0.39, 0.29) is 12.0 Å². The second kappa shape index (κ2) is 7.07. The van der Waals surface area contributed by atoms with Crippen molar-refractivity contribution in [2.45, 2.75) is 25.4 Å². The molecule has 1 aromatic heterocycles. The molecule has 6 heteroatoms. The van der Waals surface area contributed by atoms with Crippen LogP contribution >= 0.6 is 15.9 Å². The number of rotatable bonds is 5. The molecule has 0 radical (unpaired) electrons. The highest BCUT2D eigenvalue weighted by molar-refractivity contribution is 9.10. The lowest BCUT2D eigenvalue weighted by Gasteiger charge is -2.31. The van der Waals surface area contributed by atoms with Crippen LogP contribution in [0.4, 0.5) is 0 Å². The number of amides is 1. The average Bonchev–Trinajstić information content (AvgIpc) is 2.86. The summed E-state index contributed by atoms with van der Waals surface area (Å²) in [7, 11) is 0. The molecule has 0 unspecified atom stereocenters. The van der Waals surface area contributed by atoms with E-state index in [0.717, 1.165) is 19.3 Å². The molecule has 1 aliphatic heterocycles. The fourth-order valence-electron chi connectivity index (χ4n) is 2.14. The number of nitrogens with two attached hydrogens (primary N) is 1. The maximum Gasteiger partial charge on any atom is 0.289 e. The van der Waals surface area contributed by atoms with E-state index in [9.17, 15) is 4.79 Å². The monoisotopic (exact) mass is 330 g/mol. The first-order valence-corrected chi connectivity index (χ1v) is 7.36. The van der Waals surface area contributed by atoms with Crippen molar-refractivity contribution < 1.29 is 13.9 Å². The minimum atomic E-state index is -0.0499. The molecule has 106 valence electrons. The molecular weight excluding hydrogens is 312 g/mol. The maximum absolute atomic E-state index is 12.1. The molecular formula is C13H19BrN2O3. The lowest BCUT2D eigenvalue weighted by atomic mass is 10.1. The fraction of sp³-hybridized carbons (Fsp3) is 0.615. The van der Waals surface area contributed by atoms with Gasteiger partial charge in [0.05, 0.1) is 6.10 Å². The highest BCUT2D eigenvalue weighted by Crippen LogP contribution is 2.19. The lowest BCUT2D eigenvalue weighted by Crippen LogP contribution is -2.40. The highest BCUT2D eigenvalue weighted by atomic mass is 79.9. The molecule has 1 aliphatic rings. The van der Waals surface area contributed by atoms with Gasteiger partial charge in [0.2, 0.25) is 0 Å². The molecule has 0 aromatic carbocycles. The zero-order valence-corrected chi connectivity index (χ0v) is 12.4. The Morgan fingerprint density at radius 3 is 2.79 bits per heavy atom. The number of carbonyl (C=O) groups is 1. The first-order chi connectivity index (χ1) is 9.20. The van der Waals surface area contributed by atoms with Gasteiger partial charge in [-0.15, -0.1) is 0 Å². The topological polar surface area (TPSA) is 68.7 Å². The normalized spacial score (nSPS) is 16.8. The zero-order valence-electron chi connectivity index (χ0n) is 10.8. The van der Waals surface area contributed by atoms with Crippen molar-refractivity contribution in [3.05, 3.63) is 22.6 Å². The quantitative estimate of drug-likeness (QED) is 0.838. The van der Waals surface area contributed by atoms with Crippen molar-refractivity contribution in [3.8, 4) is 0 Å². The Kier molecular flexibility index (Phi) is 5.42. The highest BCUT2D eigenvalue weighted by Gasteiger charge is 2.25. The van der Waals surface area contributed by atoms with Gasteiger partial charge in [0, 0.05) is 19.7 Å². The number of carbonyl (C=O) groups excluding carboxylic acids is 1. The molecule has 1 fully saturated rings. The van der Waals surface area contributed by atoms with Crippen LogP contribution in [-0.2, 0) is 4.74 Å². The fourth-order valence-corrected chi connectivity index (χ4v) is 2.45. The van der Waals surface area contributed by atoms with Crippen LogP contribution < -0.4 is 5.73 Å². The van der Waals surface area contributed by atoms with E-state index in [0.29, 0.717) is 36.7 Å². The first-order valence-electron chi connectivity index (χ1n) is 6.57. The summed E-state index contributed by atoms with van der Waals surface area (Å²) >= 11 is 3.20. The second-order valence-corrected chi connectivity index (χ2v) is 5.39. The van der Waals surface area contributed by atoms with E-state index in [4.69, 9.17) is 14.9 Å². The summed E-state index contributed by atoms with van der Waals surface area (Å²) in [5.74, 6) is 0.334. The number of hydrogen-bond acceptors (Lipinski definition) is 4. The third kappa shape index (κ3) is 4.06. The average molecular weight is 331 g/mol. The summed E-state index contributed by atoms with van der Waals surface area (Å²) in [5, 5.41) is 0. The largest absolute Gasteiger partial charge is 0.444 e. The van der Waals surface area contributed by atoms with Crippen LogP contribution in [0.3, 0.4) is 0 Å². The minimum absolute atomic E-state index is 0.0499. The van der Waals surface area contributed by atoms with Crippen LogP contribution in [-0.4, -0.2) is 43.2 Å². The molecule has 5 nitrogen and oxygen atoms in total. The Balaban J connectivity index is 1.78.